The van der Waals surface area contributed by atoms with E-state index >= 15 is 0 Å². The lowest BCUT2D eigenvalue weighted by Crippen LogP contribution is -2.30. The highest BCUT2D eigenvalue weighted by Crippen LogP contribution is 2.24. The van der Waals surface area contributed by atoms with Crippen molar-refractivity contribution in [1.82, 2.24) is 5.43 Å². The third-order valence-electron chi connectivity index (χ3n) is 0.887. The molecule has 1 amide bonds. The van der Waals surface area contributed by atoms with Crippen molar-refractivity contribution in [3.63, 3.8) is 0 Å². The highest BCUT2D eigenvalue weighted by molar-refractivity contribution is 8.15. The van der Waals surface area contributed by atoms with Crippen LogP contribution in [0.1, 0.15) is 13.8 Å². The Morgan fingerprint density at radius 2 is 2.44 bits per heavy atom. The van der Waals surface area contributed by atoms with Crippen molar-refractivity contribution in [1.29, 1.82) is 0 Å². The first-order valence-corrected chi connectivity index (χ1v) is 3.45. The second-order valence-corrected chi connectivity index (χ2v) is 3.99. The maximum atomic E-state index is 10.6. The van der Waals surface area contributed by atoms with Crippen LogP contribution in [-0.2, 0) is 0 Å². The van der Waals surface area contributed by atoms with Gasteiger partial charge in [-0.2, -0.15) is 5.10 Å². The highest BCUT2D eigenvalue weighted by Gasteiger charge is 2.23. The van der Waals surface area contributed by atoms with Gasteiger partial charge in [-0.25, -0.2) is 5.43 Å². The summed E-state index contributed by atoms with van der Waals surface area (Å²) < 4.78 is -0.137. The van der Waals surface area contributed by atoms with Crippen LogP contribution >= 0.6 is 11.8 Å². The third kappa shape index (κ3) is 1.71. The summed E-state index contributed by atoms with van der Waals surface area (Å²) in [7, 11) is 0. The number of amides is 1. The molecule has 4 heteroatoms. The van der Waals surface area contributed by atoms with E-state index in [2.05, 4.69) is 10.5 Å². The number of hydrogen-bond acceptors (Lipinski definition) is 3. The lowest BCUT2D eigenvalue weighted by Gasteiger charge is -2.19. The zero-order valence-corrected chi connectivity index (χ0v) is 6.16. The van der Waals surface area contributed by atoms with Crippen LogP contribution in [0.15, 0.2) is 5.10 Å². The number of hydrazone groups is 1. The molecule has 1 N–H and O–H groups in total. The molecule has 3 nitrogen and oxygen atoms in total. The predicted octanol–water partition coefficient (Wildman–Crippen LogP) is 1.21. The fourth-order valence-electron chi connectivity index (χ4n) is 0.529. The molecule has 0 radical (unpaired) electrons. The number of thioether (sulfide) groups is 1. The summed E-state index contributed by atoms with van der Waals surface area (Å²) >= 11 is 1.24. The van der Waals surface area contributed by atoms with Crippen LogP contribution in [-0.4, -0.2) is 16.2 Å². The van der Waals surface area contributed by atoms with E-state index < -0.39 is 0 Å². The van der Waals surface area contributed by atoms with E-state index in [9.17, 15) is 4.79 Å². The van der Waals surface area contributed by atoms with Crippen molar-refractivity contribution in [2.75, 3.05) is 0 Å². The van der Waals surface area contributed by atoms with Crippen molar-refractivity contribution in [2.45, 2.75) is 18.6 Å². The molecule has 0 atom stereocenters. The molecular weight excluding hydrogens is 136 g/mol. The summed E-state index contributed by atoms with van der Waals surface area (Å²) in [5.74, 6) is 0. The molecule has 0 saturated carbocycles. The molecular formula is C5H8N2OS. The smallest absolute Gasteiger partial charge is 0.260 e. The zero-order chi connectivity index (χ0) is 6.91. The molecule has 1 rings (SSSR count). The fourth-order valence-corrected chi connectivity index (χ4v) is 1.21. The molecule has 0 bridgehead atoms. The summed E-state index contributed by atoms with van der Waals surface area (Å²) in [5, 5.41) is 3.58. The van der Waals surface area contributed by atoms with Gasteiger partial charge in [-0.1, -0.05) is 11.8 Å². The quantitative estimate of drug-likeness (QED) is 0.555. The number of carbonyl (C=O) groups excluding carboxylic acids is 1. The maximum absolute atomic E-state index is 10.6. The van der Waals surface area contributed by atoms with Gasteiger partial charge in [0.2, 0.25) is 0 Å². The van der Waals surface area contributed by atoms with Gasteiger partial charge in [-0.3, -0.25) is 4.79 Å². The Morgan fingerprint density at radius 3 is 2.78 bits per heavy atom. The van der Waals surface area contributed by atoms with Crippen LogP contribution in [0.3, 0.4) is 0 Å². The normalized spacial score (nSPS) is 23.6. The van der Waals surface area contributed by atoms with Gasteiger partial charge in [0.05, 0.1) is 4.75 Å². The van der Waals surface area contributed by atoms with Crippen molar-refractivity contribution in [2.24, 2.45) is 5.10 Å². The van der Waals surface area contributed by atoms with E-state index in [1.807, 2.05) is 13.8 Å². The molecule has 0 aromatic carbocycles. The molecule has 1 heterocycles. The van der Waals surface area contributed by atoms with Crippen molar-refractivity contribution in [3.05, 3.63) is 0 Å². The van der Waals surface area contributed by atoms with E-state index in [4.69, 9.17) is 0 Å². The Labute approximate surface area is 57.9 Å². The van der Waals surface area contributed by atoms with Gasteiger partial charge in [-0.15, -0.1) is 0 Å². The summed E-state index contributed by atoms with van der Waals surface area (Å²) in [6.45, 7) is 3.89. The van der Waals surface area contributed by atoms with Gasteiger partial charge >= 0.3 is 0 Å². The van der Waals surface area contributed by atoms with Gasteiger partial charge in [-0.05, 0) is 13.8 Å². The van der Waals surface area contributed by atoms with Gasteiger partial charge in [0, 0.05) is 6.21 Å². The van der Waals surface area contributed by atoms with E-state index in [0.717, 1.165) is 0 Å². The predicted molar refractivity (Wildman–Crippen MR) is 38.7 cm³/mol. The number of carbonyl (C=O) groups is 1. The molecule has 1 aliphatic rings. The first-order valence-electron chi connectivity index (χ1n) is 2.63. The van der Waals surface area contributed by atoms with Crippen molar-refractivity contribution in [3.8, 4) is 0 Å². The Kier molecular flexibility index (Phi) is 1.48. The molecule has 0 fully saturated rings. The highest BCUT2D eigenvalue weighted by atomic mass is 32.2. The lowest BCUT2D eigenvalue weighted by atomic mass is 10.2. The standard InChI is InChI=1S/C5H8N2OS/c1-5(2)3-6-7-4(8)9-5/h3H,1-2H3,(H,7,8). The van der Waals surface area contributed by atoms with Crippen LogP contribution in [0.2, 0.25) is 0 Å². The minimum Gasteiger partial charge on any atom is -0.260 e. The Morgan fingerprint density at radius 1 is 1.78 bits per heavy atom. The van der Waals surface area contributed by atoms with E-state index in [-0.39, 0.29) is 9.99 Å². The second kappa shape index (κ2) is 2.02. The summed E-state index contributed by atoms with van der Waals surface area (Å²) in [4.78, 5) is 10.6. The number of hydrogen-bond donors (Lipinski definition) is 1. The zero-order valence-electron chi connectivity index (χ0n) is 5.34. The maximum Gasteiger partial charge on any atom is 0.300 e. The molecule has 9 heavy (non-hydrogen) atoms. The second-order valence-electron chi connectivity index (χ2n) is 2.36. The van der Waals surface area contributed by atoms with Gasteiger partial charge in [0.15, 0.2) is 0 Å². The average Bonchev–Trinajstić information content (AvgIpc) is 1.60. The number of nitrogens with zero attached hydrogens (tertiary/aromatic N) is 1. The summed E-state index contributed by atoms with van der Waals surface area (Å²) in [6.07, 6.45) is 1.72. The minimum atomic E-state index is -0.137. The number of rotatable bonds is 0. The van der Waals surface area contributed by atoms with Crippen LogP contribution in [0.5, 0.6) is 0 Å². The Balaban J connectivity index is 2.71. The largest absolute Gasteiger partial charge is 0.300 e. The average molecular weight is 144 g/mol. The SMILES string of the molecule is CC1(C)C=NNC(=O)S1. The molecule has 0 aromatic heterocycles. The van der Waals surface area contributed by atoms with E-state index in [0.29, 0.717) is 0 Å². The van der Waals surface area contributed by atoms with Crippen LogP contribution in [0.25, 0.3) is 0 Å². The van der Waals surface area contributed by atoms with Crippen LogP contribution < -0.4 is 5.43 Å². The molecule has 0 saturated heterocycles. The first kappa shape index (κ1) is 6.61. The van der Waals surface area contributed by atoms with Crippen molar-refractivity contribution >= 4 is 23.2 Å². The van der Waals surface area contributed by atoms with Gasteiger partial charge in [0.1, 0.15) is 0 Å². The summed E-state index contributed by atoms with van der Waals surface area (Å²) in [5.41, 5.74) is 2.33. The molecule has 0 aromatic rings. The third-order valence-corrected chi connectivity index (χ3v) is 1.80. The van der Waals surface area contributed by atoms with Gasteiger partial charge in [0.25, 0.3) is 5.24 Å². The lowest BCUT2D eigenvalue weighted by molar-refractivity contribution is 0.260. The first-order chi connectivity index (χ1) is 4.10. The molecule has 0 spiro atoms. The molecule has 0 aliphatic carbocycles. The van der Waals surface area contributed by atoms with Crippen molar-refractivity contribution < 1.29 is 4.79 Å². The van der Waals surface area contributed by atoms with Gasteiger partial charge < -0.3 is 0 Å². The Hall–Kier alpha value is -0.510. The van der Waals surface area contributed by atoms with E-state index in [1.54, 1.807) is 6.21 Å². The minimum absolute atomic E-state index is 0.0810. The Bertz CT molecular complexity index is 164. The molecule has 50 valence electrons. The molecule has 1 aliphatic heterocycles. The van der Waals surface area contributed by atoms with Crippen LogP contribution in [0.4, 0.5) is 4.79 Å². The number of nitrogens with one attached hydrogen (secondary N) is 1. The fraction of sp³-hybridized carbons (Fsp3) is 0.600. The van der Waals surface area contributed by atoms with E-state index in [1.165, 1.54) is 11.8 Å². The monoisotopic (exact) mass is 144 g/mol. The molecule has 0 unspecified atom stereocenters. The topological polar surface area (TPSA) is 41.5 Å². The summed E-state index contributed by atoms with van der Waals surface area (Å²) in [6, 6.07) is 0. The van der Waals surface area contributed by atoms with Crippen LogP contribution in [0, 0.1) is 0 Å².